The average molecular weight is 591 g/mol. The van der Waals surface area contributed by atoms with Gasteiger partial charge in [-0.25, -0.2) is 0 Å². The molecule has 3 aromatic rings. The largest absolute Gasteiger partial charge is 0.427 e. The molecule has 0 aliphatic rings. The first-order valence-electron chi connectivity index (χ1n) is 15.2. The van der Waals surface area contributed by atoms with Crippen LogP contribution in [0.3, 0.4) is 0 Å². The van der Waals surface area contributed by atoms with Crippen LogP contribution in [0.25, 0.3) is 22.3 Å². The first kappa shape index (κ1) is 34.3. The lowest BCUT2D eigenvalue weighted by molar-refractivity contribution is 0.370. The van der Waals surface area contributed by atoms with Crippen LogP contribution in [0.2, 0.25) is 0 Å². The Balaban J connectivity index is 2.64. The maximum absolute atomic E-state index is 10.0. The maximum Gasteiger partial charge on any atom is 0.391 e. The van der Waals surface area contributed by atoms with E-state index >= 15 is 0 Å². The summed E-state index contributed by atoms with van der Waals surface area (Å²) >= 11 is 0. The van der Waals surface area contributed by atoms with Crippen molar-refractivity contribution in [2.24, 2.45) is 0 Å². The Kier molecular flexibility index (Phi) is 9.30. The Hall–Kier alpha value is -2.19. The maximum atomic E-state index is 10.0. The van der Waals surface area contributed by atoms with Crippen LogP contribution in [0.4, 0.5) is 0 Å². The molecule has 4 heteroatoms. The molecule has 0 saturated heterocycles. The lowest BCUT2D eigenvalue weighted by atomic mass is 9.71. The first-order valence-corrected chi connectivity index (χ1v) is 16.3. The van der Waals surface area contributed by atoms with Crippen molar-refractivity contribution in [2.75, 3.05) is 0 Å². The Morgan fingerprint density at radius 1 is 0.476 bits per heavy atom. The minimum Gasteiger partial charge on any atom is -0.427 e. The molecule has 0 aliphatic heterocycles. The fourth-order valence-corrected chi connectivity index (χ4v) is 6.04. The van der Waals surface area contributed by atoms with Gasteiger partial charge >= 0.3 is 8.60 Å². The van der Waals surface area contributed by atoms with Crippen LogP contribution in [0.5, 0.6) is 5.75 Å². The van der Waals surface area contributed by atoms with Gasteiger partial charge < -0.3 is 14.3 Å². The van der Waals surface area contributed by atoms with E-state index in [-0.39, 0.29) is 27.1 Å². The molecule has 0 amide bonds. The van der Waals surface area contributed by atoms with Crippen LogP contribution >= 0.6 is 8.60 Å². The van der Waals surface area contributed by atoms with Gasteiger partial charge in [-0.2, -0.15) is 0 Å². The molecule has 0 heterocycles. The number of rotatable bonds is 4. The van der Waals surface area contributed by atoms with Gasteiger partial charge in [-0.3, -0.25) is 0 Å². The van der Waals surface area contributed by atoms with Crippen molar-refractivity contribution in [1.82, 2.24) is 0 Å². The highest BCUT2D eigenvalue weighted by Crippen LogP contribution is 2.51. The summed E-state index contributed by atoms with van der Waals surface area (Å²) in [4.78, 5) is 20.0. The quantitative estimate of drug-likeness (QED) is 0.297. The van der Waals surface area contributed by atoms with Crippen molar-refractivity contribution in [1.29, 1.82) is 0 Å². The summed E-state index contributed by atoms with van der Waals surface area (Å²) in [6.07, 6.45) is 0. The van der Waals surface area contributed by atoms with E-state index in [1.165, 1.54) is 27.8 Å². The SMILES string of the molecule is CC(C)(C)c1ccc(-c2ccc(OP(O)O)c(C(C)(C)C)c2-c2ccc(C(C)(C)C)cc2C(C)(C)C)c(C(C)(C)C)c1. The molecular formula is C38H55O3P. The third kappa shape index (κ3) is 7.47. The third-order valence-electron chi connectivity index (χ3n) is 8.04. The molecule has 3 aromatic carbocycles. The van der Waals surface area contributed by atoms with Crippen molar-refractivity contribution < 1.29 is 14.3 Å². The van der Waals surface area contributed by atoms with Crippen molar-refractivity contribution in [3.05, 3.63) is 76.3 Å². The zero-order valence-electron chi connectivity index (χ0n) is 28.9. The smallest absolute Gasteiger partial charge is 0.391 e. The van der Waals surface area contributed by atoms with Gasteiger partial charge in [-0.05, 0) is 77.6 Å². The Morgan fingerprint density at radius 2 is 0.881 bits per heavy atom. The molecule has 0 saturated carbocycles. The monoisotopic (exact) mass is 590 g/mol. The molecule has 230 valence electrons. The summed E-state index contributed by atoms with van der Waals surface area (Å²) in [7, 11) is -2.58. The Morgan fingerprint density at radius 3 is 1.26 bits per heavy atom. The molecular weight excluding hydrogens is 535 g/mol. The summed E-state index contributed by atoms with van der Waals surface area (Å²) in [6.45, 7) is 33.7. The Labute approximate surface area is 257 Å². The van der Waals surface area contributed by atoms with E-state index in [9.17, 15) is 9.79 Å². The van der Waals surface area contributed by atoms with E-state index in [0.717, 1.165) is 22.3 Å². The molecule has 0 aromatic heterocycles. The second kappa shape index (κ2) is 11.4. The molecule has 0 bridgehead atoms. The first-order chi connectivity index (χ1) is 18.8. The second-order valence-electron chi connectivity index (χ2n) is 17.0. The lowest BCUT2D eigenvalue weighted by Gasteiger charge is -2.34. The van der Waals surface area contributed by atoms with Gasteiger partial charge in [-0.15, -0.1) is 0 Å². The third-order valence-corrected chi connectivity index (χ3v) is 8.40. The zero-order chi connectivity index (χ0) is 32.2. The molecule has 0 atom stereocenters. The van der Waals surface area contributed by atoms with Gasteiger partial charge in [0.2, 0.25) is 0 Å². The van der Waals surface area contributed by atoms with Crippen LogP contribution in [-0.2, 0) is 27.1 Å². The summed E-state index contributed by atoms with van der Waals surface area (Å²) in [6, 6.07) is 17.9. The van der Waals surface area contributed by atoms with Crippen molar-refractivity contribution in [2.45, 2.75) is 131 Å². The number of benzene rings is 3. The standard InChI is InChI=1S/C38H55O3P/c1-34(2,3)24-16-18-26(29(22-24)36(7,8)9)27-20-21-31(41-42(39)40)33(38(13,14)15)32(27)28-19-17-25(35(4,5)6)23-30(28)37(10,11)12/h16-23,39-40H,1-15H3. The minimum absolute atomic E-state index is 0.00494. The topological polar surface area (TPSA) is 49.7 Å². The highest BCUT2D eigenvalue weighted by Gasteiger charge is 2.33. The van der Waals surface area contributed by atoms with Gasteiger partial charge in [0.1, 0.15) is 5.75 Å². The highest BCUT2D eigenvalue weighted by atomic mass is 31.2. The summed E-state index contributed by atoms with van der Waals surface area (Å²) in [5, 5.41) is 0. The molecule has 0 spiro atoms. The molecule has 3 rings (SSSR count). The van der Waals surface area contributed by atoms with Crippen LogP contribution in [0.15, 0.2) is 48.5 Å². The summed E-state index contributed by atoms with van der Waals surface area (Å²) in [5.74, 6) is 0.515. The van der Waals surface area contributed by atoms with Crippen LogP contribution in [0.1, 0.15) is 132 Å². The summed E-state index contributed by atoms with van der Waals surface area (Å²) in [5.41, 5.74) is 10.1. The van der Waals surface area contributed by atoms with Gasteiger partial charge in [0.05, 0.1) is 0 Å². The lowest BCUT2D eigenvalue weighted by Crippen LogP contribution is -2.20. The second-order valence-corrected chi connectivity index (χ2v) is 17.7. The molecule has 0 radical (unpaired) electrons. The fourth-order valence-electron chi connectivity index (χ4n) is 5.71. The molecule has 3 nitrogen and oxygen atoms in total. The molecule has 0 fully saturated rings. The average Bonchev–Trinajstić information content (AvgIpc) is 2.79. The Bertz CT molecular complexity index is 1430. The van der Waals surface area contributed by atoms with Crippen molar-refractivity contribution >= 4 is 8.60 Å². The van der Waals surface area contributed by atoms with E-state index in [2.05, 4.69) is 146 Å². The fraction of sp³-hybridized carbons (Fsp3) is 0.526. The molecule has 0 aliphatic carbocycles. The van der Waals surface area contributed by atoms with Crippen LogP contribution in [-0.4, -0.2) is 9.79 Å². The van der Waals surface area contributed by atoms with E-state index < -0.39 is 8.60 Å². The van der Waals surface area contributed by atoms with Crippen LogP contribution < -0.4 is 4.52 Å². The molecule has 42 heavy (non-hydrogen) atoms. The van der Waals surface area contributed by atoms with Crippen molar-refractivity contribution in [3.8, 4) is 28.0 Å². The predicted octanol–water partition coefficient (Wildman–Crippen LogP) is 11.1. The minimum atomic E-state index is -2.58. The summed E-state index contributed by atoms with van der Waals surface area (Å²) < 4.78 is 5.77. The van der Waals surface area contributed by atoms with E-state index in [0.29, 0.717) is 5.75 Å². The van der Waals surface area contributed by atoms with Gasteiger partial charge in [0, 0.05) is 5.56 Å². The van der Waals surface area contributed by atoms with E-state index in [1.54, 1.807) is 0 Å². The number of hydrogen-bond acceptors (Lipinski definition) is 3. The van der Waals surface area contributed by atoms with Crippen molar-refractivity contribution in [3.63, 3.8) is 0 Å². The highest BCUT2D eigenvalue weighted by molar-refractivity contribution is 7.39. The molecule has 2 N–H and O–H groups in total. The predicted molar refractivity (Wildman–Crippen MR) is 183 cm³/mol. The molecule has 0 unspecified atom stereocenters. The van der Waals surface area contributed by atoms with Gasteiger partial charge in [0.25, 0.3) is 0 Å². The zero-order valence-corrected chi connectivity index (χ0v) is 29.8. The van der Waals surface area contributed by atoms with E-state index in [4.69, 9.17) is 4.52 Å². The number of hydrogen-bond donors (Lipinski definition) is 2. The normalized spacial score (nSPS) is 13.6. The van der Waals surface area contributed by atoms with Gasteiger partial charge in [-0.1, -0.05) is 146 Å². The van der Waals surface area contributed by atoms with Gasteiger partial charge in [0.15, 0.2) is 0 Å². The van der Waals surface area contributed by atoms with Crippen LogP contribution in [0, 0.1) is 0 Å². The van der Waals surface area contributed by atoms with E-state index in [1.807, 2.05) is 6.07 Å².